The Morgan fingerprint density at radius 3 is 2.72 bits per heavy atom. The van der Waals surface area contributed by atoms with Crippen LogP contribution in [0.1, 0.15) is 45.9 Å². The minimum Gasteiger partial charge on any atom is -0.353 e. The van der Waals surface area contributed by atoms with E-state index >= 15 is 0 Å². The fourth-order valence-electron chi connectivity index (χ4n) is 2.60. The van der Waals surface area contributed by atoms with Gasteiger partial charge in [-0.25, -0.2) is 4.98 Å². The van der Waals surface area contributed by atoms with E-state index in [0.29, 0.717) is 11.4 Å². The summed E-state index contributed by atoms with van der Waals surface area (Å²) >= 11 is 1.40. The van der Waals surface area contributed by atoms with Crippen LogP contribution in [0.25, 0.3) is 16.7 Å². The van der Waals surface area contributed by atoms with Crippen LogP contribution in [0.3, 0.4) is 0 Å². The lowest BCUT2D eigenvalue weighted by molar-refractivity contribution is -0.119. The summed E-state index contributed by atoms with van der Waals surface area (Å²) < 4.78 is 2.06. The largest absolute Gasteiger partial charge is 0.353 e. The highest BCUT2D eigenvalue weighted by Gasteiger charge is 2.18. The van der Waals surface area contributed by atoms with Gasteiger partial charge in [0.25, 0.3) is 0 Å². The highest BCUT2D eigenvalue weighted by molar-refractivity contribution is 8.00. The Morgan fingerprint density at radius 1 is 1.24 bits per heavy atom. The third kappa shape index (κ3) is 3.61. The van der Waals surface area contributed by atoms with Gasteiger partial charge in [0.1, 0.15) is 10.9 Å². The van der Waals surface area contributed by atoms with Gasteiger partial charge in [0, 0.05) is 12.0 Å². The van der Waals surface area contributed by atoms with Gasteiger partial charge in [-0.3, -0.25) is 9.20 Å². The molecule has 1 aromatic carbocycles. The lowest BCUT2D eigenvalue weighted by Gasteiger charge is -2.12. The molecule has 1 N–H and O–H groups in total. The van der Waals surface area contributed by atoms with Crippen molar-refractivity contribution in [3.05, 3.63) is 30.1 Å². The highest BCUT2D eigenvalue weighted by Crippen LogP contribution is 2.27. The van der Waals surface area contributed by atoms with Crippen LogP contribution in [0, 0.1) is 0 Å². The number of fused-ring (bicyclic) bond motifs is 3. The zero-order chi connectivity index (χ0) is 18.0. The molecule has 0 spiro atoms. The lowest BCUT2D eigenvalue weighted by Crippen LogP contribution is -2.33. The molecule has 0 aliphatic heterocycles. The second-order valence-electron chi connectivity index (χ2n) is 6.44. The Morgan fingerprint density at radius 2 is 2.00 bits per heavy atom. The molecular weight excluding hydrogens is 334 g/mol. The average Bonchev–Trinajstić information content (AvgIpc) is 3.05. The van der Waals surface area contributed by atoms with Crippen LogP contribution in [0.2, 0.25) is 0 Å². The molecule has 132 valence electrons. The standard InChI is InChI=1S/C18H23N5OS/c1-5-12(4)19-15(24)10-25-18-17-22-21-16(11(2)3)23(17)14-9-7-6-8-13(14)20-18/h6-9,11-12H,5,10H2,1-4H3,(H,19,24). The minimum atomic E-state index is 0.0102. The van der Waals surface area contributed by atoms with Crippen LogP contribution in [0.15, 0.2) is 29.3 Å². The maximum atomic E-state index is 12.1. The molecule has 3 rings (SSSR count). The molecule has 3 aromatic rings. The van der Waals surface area contributed by atoms with Gasteiger partial charge >= 0.3 is 0 Å². The number of nitrogens with one attached hydrogen (secondary N) is 1. The fraction of sp³-hybridized carbons (Fsp3) is 0.444. The van der Waals surface area contributed by atoms with E-state index < -0.39 is 0 Å². The van der Waals surface area contributed by atoms with Crippen molar-refractivity contribution in [2.45, 2.75) is 51.1 Å². The smallest absolute Gasteiger partial charge is 0.230 e. The summed E-state index contributed by atoms with van der Waals surface area (Å²) in [5.41, 5.74) is 2.57. The Labute approximate surface area is 151 Å². The highest BCUT2D eigenvalue weighted by atomic mass is 32.2. The van der Waals surface area contributed by atoms with E-state index in [0.717, 1.165) is 28.3 Å². The van der Waals surface area contributed by atoms with Crippen LogP contribution in [0.4, 0.5) is 0 Å². The second-order valence-corrected chi connectivity index (χ2v) is 7.41. The first-order chi connectivity index (χ1) is 12.0. The van der Waals surface area contributed by atoms with Gasteiger partial charge in [-0.1, -0.05) is 44.7 Å². The number of hydrogen-bond donors (Lipinski definition) is 1. The molecule has 0 aliphatic rings. The van der Waals surface area contributed by atoms with Gasteiger partial charge in [-0.2, -0.15) is 0 Å². The van der Waals surface area contributed by atoms with E-state index in [9.17, 15) is 4.79 Å². The van der Waals surface area contributed by atoms with E-state index in [1.54, 1.807) is 0 Å². The van der Waals surface area contributed by atoms with E-state index in [4.69, 9.17) is 4.98 Å². The predicted molar refractivity (Wildman–Crippen MR) is 101 cm³/mol. The Kier molecular flexibility index (Phi) is 5.22. The molecule has 25 heavy (non-hydrogen) atoms. The molecular formula is C18H23N5OS. The first kappa shape index (κ1) is 17.7. The molecule has 0 fully saturated rings. The van der Waals surface area contributed by atoms with Crippen LogP contribution in [0.5, 0.6) is 0 Å². The van der Waals surface area contributed by atoms with Crippen LogP contribution < -0.4 is 5.32 Å². The summed E-state index contributed by atoms with van der Waals surface area (Å²) in [6.07, 6.45) is 0.913. The van der Waals surface area contributed by atoms with E-state index in [1.165, 1.54) is 11.8 Å². The van der Waals surface area contributed by atoms with Crippen LogP contribution >= 0.6 is 11.8 Å². The van der Waals surface area contributed by atoms with Crippen LogP contribution in [-0.4, -0.2) is 37.3 Å². The van der Waals surface area contributed by atoms with Gasteiger partial charge in [-0.05, 0) is 25.5 Å². The SMILES string of the molecule is CCC(C)NC(=O)CSc1nc2ccccc2n2c(C(C)C)nnc12. The van der Waals surface area contributed by atoms with Crippen molar-refractivity contribution in [2.24, 2.45) is 0 Å². The molecule has 0 radical (unpaired) electrons. The summed E-state index contributed by atoms with van der Waals surface area (Å²) in [4.78, 5) is 16.8. The van der Waals surface area contributed by atoms with E-state index in [-0.39, 0.29) is 17.9 Å². The number of carbonyl (C=O) groups excluding carboxylic acids is 1. The second kappa shape index (κ2) is 7.39. The first-order valence-electron chi connectivity index (χ1n) is 8.57. The van der Waals surface area contributed by atoms with Gasteiger partial charge in [0.2, 0.25) is 5.91 Å². The zero-order valence-electron chi connectivity index (χ0n) is 15.0. The molecule has 1 unspecified atom stereocenters. The van der Waals surface area contributed by atoms with Crippen molar-refractivity contribution >= 4 is 34.3 Å². The molecule has 0 aliphatic carbocycles. The fourth-order valence-corrected chi connectivity index (χ4v) is 3.38. The normalized spacial score (nSPS) is 12.8. The number of hydrogen-bond acceptors (Lipinski definition) is 5. The molecule has 0 bridgehead atoms. The predicted octanol–water partition coefficient (Wildman–Crippen LogP) is 3.41. The Hall–Kier alpha value is -2.15. The van der Waals surface area contributed by atoms with Gasteiger partial charge in [0.05, 0.1) is 16.8 Å². The van der Waals surface area contributed by atoms with Gasteiger partial charge < -0.3 is 5.32 Å². The molecule has 1 amide bonds. The van der Waals surface area contributed by atoms with Crippen LogP contribution in [-0.2, 0) is 4.79 Å². The van der Waals surface area contributed by atoms with Gasteiger partial charge in [-0.15, -0.1) is 10.2 Å². The summed E-state index contributed by atoms with van der Waals surface area (Å²) in [6, 6.07) is 8.12. The maximum absolute atomic E-state index is 12.1. The number of carbonyl (C=O) groups is 1. The third-order valence-electron chi connectivity index (χ3n) is 4.10. The summed E-state index contributed by atoms with van der Waals surface area (Å²) in [5.74, 6) is 1.47. The van der Waals surface area contributed by atoms with E-state index in [1.807, 2.05) is 31.2 Å². The molecule has 7 heteroatoms. The number of benzene rings is 1. The summed E-state index contributed by atoms with van der Waals surface area (Å²) in [7, 11) is 0. The topological polar surface area (TPSA) is 72.2 Å². The van der Waals surface area contributed by atoms with Crippen molar-refractivity contribution in [1.29, 1.82) is 0 Å². The molecule has 6 nitrogen and oxygen atoms in total. The number of aromatic nitrogens is 4. The zero-order valence-corrected chi connectivity index (χ0v) is 15.8. The van der Waals surface area contributed by atoms with Crippen molar-refractivity contribution in [3.63, 3.8) is 0 Å². The Bertz CT molecular complexity index is 905. The molecule has 1 atom stereocenters. The molecule has 2 aromatic heterocycles. The average molecular weight is 357 g/mol. The van der Waals surface area contributed by atoms with Crippen molar-refractivity contribution in [1.82, 2.24) is 24.9 Å². The number of rotatable bonds is 6. The van der Waals surface area contributed by atoms with Crippen molar-refractivity contribution in [3.8, 4) is 0 Å². The summed E-state index contributed by atoms with van der Waals surface area (Å²) in [6.45, 7) is 8.24. The minimum absolute atomic E-state index is 0.0102. The lowest BCUT2D eigenvalue weighted by atomic mass is 10.2. The monoisotopic (exact) mass is 357 g/mol. The van der Waals surface area contributed by atoms with Crippen molar-refractivity contribution < 1.29 is 4.79 Å². The van der Waals surface area contributed by atoms with Crippen molar-refractivity contribution in [2.75, 3.05) is 5.75 Å². The first-order valence-corrected chi connectivity index (χ1v) is 9.55. The number of para-hydroxylation sites is 2. The molecule has 0 saturated carbocycles. The summed E-state index contributed by atoms with van der Waals surface area (Å²) in [5, 5.41) is 12.4. The van der Waals surface area contributed by atoms with E-state index in [2.05, 4.69) is 40.7 Å². The third-order valence-corrected chi connectivity index (χ3v) is 5.05. The number of thioether (sulfide) groups is 1. The van der Waals surface area contributed by atoms with Gasteiger partial charge in [0.15, 0.2) is 5.65 Å². The quantitative estimate of drug-likeness (QED) is 0.685. The number of amides is 1. The molecule has 0 saturated heterocycles. The Balaban J connectivity index is 1.99. The maximum Gasteiger partial charge on any atom is 0.230 e. The number of nitrogens with zero attached hydrogens (tertiary/aromatic N) is 4. The molecule has 2 heterocycles.